The first-order chi connectivity index (χ1) is 7.68. The van der Waals surface area contributed by atoms with Crippen LogP contribution in [0.4, 0.5) is 0 Å². The first kappa shape index (κ1) is 11.0. The van der Waals surface area contributed by atoms with E-state index in [1.54, 1.807) is 24.3 Å². The van der Waals surface area contributed by atoms with Crippen molar-refractivity contribution < 1.29 is 14.4 Å². The summed E-state index contributed by atoms with van der Waals surface area (Å²) in [5, 5.41) is 13.3. The quantitative estimate of drug-likeness (QED) is 0.941. The molecule has 0 aliphatic heterocycles. The summed E-state index contributed by atoms with van der Waals surface area (Å²) in [6.45, 7) is 2.05. The zero-order chi connectivity index (χ0) is 11.5. The van der Waals surface area contributed by atoms with Crippen LogP contribution >= 0.6 is 15.9 Å². The van der Waals surface area contributed by atoms with Crippen LogP contribution in [0.3, 0.4) is 0 Å². The molecular weight excluding hydrogens is 274 g/mol. The van der Waals surface area contributed by atoms with Crippen LogP contribution < -0.4 is 4.74 Å². The van der Waals surface area contributed by atoms with Gasteiger partial charge in [0.15, 0.2) is 23.9 Å². The summed E-state index contributed by atoms with van der Waals surface area (Å²) >= 11 is 3.34. The molecule has 0 bridgehead atoms. The number of phenolic OH excluding ortho intramolecular Hbond substituents is 1. The fourth-order valence-corrected chi connectivity index (χ4v) is 1.48. The van der Waals surface area contributed by atoms with Gasteiger partial charge in [-0.1, -0.05) is 17.3 Å². The Balaban J connectivity index is 2.08. The highest BCUT2D eigenvalue weighted by Gasteiger charge is 2.11. The second-order valence-electron chi connectivity index (χ2n) is 3.26. The van der Waals surface area contributed by atoms with Gasteiger partial charge in [-0.15, -0.1) is 0 Å². The molecule has 0 unspecified atom stereocenters. The van der Waals surface area contributed by atoms with Crippen LogP contribution in [0.25, 0.3) is 0 Å². The molecule has 5 heteroatoms. The van der Waals surface area contributed by atoms with Crippen LogP contribution in [0.15, 0.2) is 33.3 Å². The Hall–Kier alpha value is -1.49. The van der Waals surface area contributed by atoms with E-state index in [1.165, 1.54) is 0 Å². The average Bonchev–Trinajstić information content (AvgIpc) is 2.59. The number of nitrogens with zero attached hydrogens (tertiary/aromatic N) is 1. The van der Waals surface area contributed by atoms with Crippen LogP contribution in [-0.2, 0) is 6.61 Å². The lowest BCUT2D eigenvalue weighted by atomic mass is 10.3. The number of aromatic hydroxyl groups is 1. The van der Waals surface area contributed by atoms with Crippen molar-refractivity contribution in [1.29, 1.82) is 0 Å². The van der Waals surface area contributed by atoms with Crippen molar-refractivity contribution in [2.75, 3.05) is 0 Å². The largest absolute Gasteiger partial charge is 0.504 e. The van der Waals surface area contributed by atoms with Crippen LogP contribution in [0.1, 0.15) is 11.5 Å². The lowest BCUT2D eigenvalue weighted by molar-refractivity contribution is 0.239. The number of aryl methyl sites for hydroxylation is 1. The second kappa shape index (κ2) is 4.57. The average molecular weight is 284 g/mol. The van der Waals surface area contributed by atoms with E-state index in [9.17, 15) is 5.11 Å². The molecular formula is C11H10BrNO3. The van der Waals surface area contributed by atoms with Crippen LogP contribution in [0.2, 0.25) is 0 Å². The summed E-state index contributed by atoms with van der Waals surface area (Å²) in [6, 6.07) is 6.77. The van der Waals surface area contributed by atoms with Gasteiger partial charge in [-0.3, -0.25) is 0 Å². The van der Waals surface area contributed by atoms with Crippen LogP contribution in [0, 0.1) is 6.92 Å². The Morgan fingerprint density at radius 3 is 2.81 bits per heavy atom. The number of halogens is 1. The summed E-state index contributed by atoms with van der Waals surface area (Å²) in [5.41, 5.74) is 0.774. The third kappa shape index (κ3) is 2.19. The molecule has 0 fully saturated rings. The molecule has 0 aliphatic rings. The van der Waals surface area contributed by atoms with Gasteiger partial charge in [0.25, 0.3) is 0 Å². The Morgan fingerprint density at radius 2 is 2.19 bits per heavy atom. The fourth-order valence-electron chi connectivity index (χ4n) is 1.22. The Labute approximate surface area is 101 Å². The lowest BCUT2D eigenvalue weighted by Gasteiger charge is -2.05. The molecule has 16 heavy (non-hydrogen) atoms. The maximum atomic E-state index is 9.48. The van der Waals surface area contributed by atoms with Crippen molar-refractivity contribution in [1.82, 2.24) is 5.16 Å². The first-order valence-electron chi connectivity index (χ1n) is 4.70. The number of hydrogen-bond donors (Lipinski definition) is 1. The predicted octanol–water partition coefficient (Wildman–Crippen LogP) is 3.03. The fraction of sp³-hybridized carbons (Fsp3) is 0.182. The molecule has 0 saturated carbocycles. The normalized spacial score (nSPS) is 10.4. The number of benzene rings is 1. The van der Waals surface area contributed by atoms with Crippen LogP contribution in [-0.4, -0.2) is 10.3 Å². The molecule has 84 valence electrons. The summed E-state index contributed by atoms with van der Waals surface area (Å²) in [6.07, 6.45) is 0. The third-order valence-electron chi connectivity index (χ3n) is 2.08. The van der Waals surface area contributed by atoms with E-state index in [1.807, 2.05) is 6.92 Å². The number of rotatable bonds is 3. The van der Waals surface area contributed by atoms with Gasteiger partial charge in [-0.05, 0) is 35.0 Å². The van der Waals surface area contributed by atoms with E-state index in [4.69, 9.17) is 9.26 Å². The zero-order valence-corrected chi connectivity index (χ0v) is 10.2. The molecule has 2 aromatic rings. The Kier molecular flexibility index (Phi) is 3.14. The molecule has 0 saturated heterocycles. The summed E-state index contributed by atoms with van der Waals surface area (Å²) in [7, 11) is 0. The van der Waals surface area contributed by atoms with Crippen molar-refractivity contribution in [3.63, 3.8) is 0 Å². The Bertz CT molecular complexity index is 496. The smallest absolute Gasteiger partial charge is 0.188 e. The van der Waals surface area contributed by atoms with E-state index in [0.717, 1.165) is 10.2 Å². The highest BCUT2D eigenvalue weighted by molar-refractivity contribution is 9.10. The van der Waals surface area contributed by atoms with Crippen molar-refractivity contribution >= 4 is 15.9 Å². The van der Waals surface area contributed by atoms with Gasteiger partial charge in [0, 0.05) is 0 Å². The SMILES string of the molecule is Cc1noc(COc2ccccc2O)c1Br. The van der Waals surface area contributed by atoms with E-state index in [-0.39, 0.29) is 12.4 Å². The van der Waals surface area contributed by atoms with Gasteiger partial charge in [0.2, 0.25) is 0 Å². The standard InChI is InChI=1S/C11H10BrNO3/c1-7-11(12)10(16-13-7)6-15-9-5-3-2-4-8(9)14/h2-5,14H,6H2,1H3. The first-order valence-corrected chi connectivity index (χ1v) is 5.49. The zero-order valence-electron chi connectivity index (χ0n) is 8.61. The molecule has 1 aromatic heterocycles. The van der Waals surface area contributed by atoms with Gasteiger partial charge in [-0.2, -0.15) is 0 Å². The summed E-state index contributed by atoms with van der Waals surface area (Å²) in [4.78, 5) is 0. The molecule has 0 amide bonds. The molecule has 0 aliphatic carbocycles. The predicted molar refractivity (Wildman–Crippen MR) is 61.4 cm³/mol. The molecule has 1 aromatic carbocycles. The van der Waals surface area contributed by atoms with Crippen molar-refractivity contribution in [2.24, 2.45) is 0 Å². The molecule has 1 N–H and O–H groups in total. The third-order valence-corrected chi connectivity index (χ3v) is 3.10. The minimum atomic E-state index is 0.106. The van der Waals surface area contributed by atoms with Gasteiger partial charge in [0.1, 0.15) is 0 Å². The molecule has 0 atom stereocenters. The van der Waals surface area contributed by atoms with Gasteiger partial charge in [0.05, 0.1) is 10.2 Å². The van der Waals surface area contributed by atoms with Gasteiger partial charge >= 0.3 is 0 Å². The summed E-state index contributed by atoms with van der Waals surface area (Å²) in [5.74, 6) is 1.12. The van der Waals surface area contributed by atoms with Crippen molar-refractivity contribution in [3.8, 4) is 11.5 Å². The number of ether oxygens (including phenoxy) is 1. The van der Waals surface area contributed by atoms with Crippen LogP contribution in [0.5, 0.6) is 11.5 Å². The highest BCUT2D eigenvalue weighted by Crippen LogP contribution is 2.27. The Morgan fingerprint density at radius 1 is 1.44 bits per heavy atom. The van der Waals surface area contributed by atoms with Gasteiger partial charge < -0.3 is 14.4 Å². The van der Waals surface area contributed by atoms with Crippen molar-refractivity contribution in [3.05, 3.63) is 40.2 Å². The highest BCUT2D eigenvalue weighted by atomic mass is 79.9. The number of aromatic nitrogens is 1. The minimum absolute atomic E-state index is 0.106. The summed E-state index contributed by atoms with van der Waals surface area (Å²) < 4.78 is 11.3. The molecule has 1 heterocycles. The maximum absolute atomic E-state index is 9.48. The maximum Gasteiger partial charge on any atom is 0.188 e. The van der Waals surface area contributed by atoms with E-state index in [2.05, 4.69) is 21.1 Å². The van der Waals surface area contributed by atoms with Crippen molar-refractivity contribution in [2.45, 2.75) is 13.5 Å². The van der Waals surface area contributed by atoms with Gasteiger partial charge in [-0.25, -0.2) is 0 Å². The lowest BCUT2D eigenvalue weighted by Crippen LogP contribution is -1.94. The number of phenols is 1. The molecule has 2 rings (SSSR count). The monoisotopic (exact) mass is 283 g/mol. The van der Waals surface area contributed by atoms with E-state index in [0.29, 0.717) is 11.5 Å². The van der Waals surface area contributed by atoms with E-state index < -0.39 is 0 Å². The van der Waals surface area contributed by atoms with E-state index >= 15 is 0 Å². The molecule has 0 radical (unpaired) electrons. The minimum Gasteiger partial charge on any atom is -0.504 e. The number of hydrogen-bond acceptors (Lipinski definition) is 4. The molecule has 0 spiro atoms. The topological polar surface area (TPSA) is 55.5 Å². The molecule has 4 nitrogen and oxygen atoms in total. The second-order valence-corrected chi connectivity index (χ2v) is 4.05. The number of para-hydroxylation sites is 2.